The third-order valence-electron chi connectivity index (χ3n) is 12.7. The van der Waals surface area contributed by atoms with E-state index in [2.05, 4.69) is 176 Å². The third-order valence-corrected chi connectivity index (χ3v) is 13.8. The van der Waals surface area contributed by atoms with Gasteiger partial charge in [0.15, 0.2) is 5.42 Å². The molecule has 4 aliphatic carbocycles. The Labute approximate surface area is 332 Å². The first-order chi connectivity index (χ1) is 27.4. The van der Waals surface area contributed by atoms with Crippen LogP contribution in [0.15, 0.2) is 167 Å². The van der Waals surface area contributed by atoms with Gasteiger partial charge in [-0.3, -0.25) is 0 Å². The van der Waals surface area contributed by atoms with Crippen LogP contribution in [-0.4, -0.2) is 6.04 Å². The second-order valence-corrected chi connectivity index (χ2v) is 18.1. The van der Waals surface area contributed by atoms with Crippen LogP contribution in [0.5, 0.6) is 0 Å². The minimum absolute atomic E-state index is 0.130. The molecule has 0 saturated carbocycles. The van der Waals surface area contributed by atoms with E-state index in [4.69, 9.17) is 4.42 Å². The average Bonchev–Trinajstić information content (AvgIpc) is 3.90. The van der Waals surface area contributed by atoms with Gasteiger partial charge in [-0.15, -0.1) is 11.3 Å². The van der Waals surface area contributed by atoms with E-state index in [1.165, 1.54) is 70.4 Å². The molecular formula is C52H46N2OS. The van der Waals surface area contributed by atoms with Gasteiger partial charge in [-0.05, 0) is 103 Å². The Balaban J connectivity index is 0.966. The van der Waals surface area contributed by atoms with Crippen molar-refractivity contribution in [1.29, 1.82) is 0 Å². The molecule has 0 amide bonds. The molecule has 3 unspecified atom stereocenters. The predicted molar refractivity (Wildman–Crippen MR) is 237 cm³/mol. The highest BCUT2D eigenvalue weighted by Crippen LogP contribution is 2.47. The highest BCUT2D eigenvalue weighted by molar-refractivity contribution is 7.25. The zero-order valence-electron chi connectivity index (χ0n) is 32.3. The second kappa shape index (κ2) is 13.0. The van der Waals surface area contributed by atoms with Crippen molar-refractivity contribution in [1.82, 2.24) is 0 Å². The van der Waals surface area contributed by atoms with E-state index in [0.29, 0.717) is 11.8 Å². The van der Waals surface area contributed by atoms with Crippen molar-refractivity contribution in [3.63, 3.8) is 0 Å². The number of anilines is 2. The molecule has 3 heterocycles. The van der Waals surface area contributed by atoms with Gasteiger partial charge in [0.2, 0.25) is 0 Å². The van der Waals surface area contributed by atoms with Crippen LogP contribution in [0.25, 0.3) is 42.9 Å². The van der Waals surface area contributed by atoms with Crippen LogP contribution in [-0.2, 0) is 5.41 Å². The molecule has 0 fully saturated rings. The van der Waals surface area contributed by atoms with Crippen LogP contribution in [0.2, 0.25) is 0 Å². The molecule has 3 atom stereocenters. The molecule has 2 aromatic heterocycles. The summed E-state index contributed by atoms with van der Waals surface area (Å²) in [6.45, 7) is 6.88. The van der Waals surface area contributed by atoms with E-state index in [-0.39, 0.29) is 11.5 Å². The van der Waals surface area contributed by atoms with Gasteiger partial charge in [-0.2, -0.15) is 0 Å². The van der Waals surface area contributed by atoms with Crippen LogP contribution in [0.1, 0.15) is 58.4 Å². The monoisotopic (exact) mass is 746 g/mol. The summed E-state index contributed by atoms with van der Waals surface area (Å²) in [5, 5.41) is 5.07. The second-order valence-electron chi connectivity index (χ2n) is 17.0. The lowest BCUT2D eigenvalue weighted by molar-refractivity contribution is 0.565. The van der Waals surface area contributed by atoms with E-state index in [0.717, 1.165) is 43.1 Å². The van der Waals surface area contributed by atoms with Crippen molar-refractivity contribution < 1.29 is 4.42 Å². The van der Waals surface area contributed by atoms with E-state index < -0.39 is 0 Å². The summed E-state index contributed by atoms with van der Waals surface area (Å²) in [6.07, 6.45) is 27.0. The Bertz CT molecular complexity index is 2900. The Hall–Kier alpha value is -5.58. The van der Waals surface area contributed by atoms with Crippen molar-refractivity contribution in [2.24, 2.45) is 11.8 Å². The first-order valence-corrected chi connectivity index (χ1v) is 21.2. The number of thiophene rings is 1. The summed E-state index contributed by atoms with van der Waals surface area (Å²) in [4.78, 5) is 5.11. The number of fused-ring (bicyclic) bond motifs is 8. The molecule has 6 aromatic rings. The number of allylic oxidation sites excluding steroid dienone is 7. The fourth-order valence-electron chi connectivity index (χ4n) is 9.82. The summed E-state index contributed by atoms with van der Waals surface area (Å²) in [6, 6.07) is 33.9. The SMILES string of the molecule is CC(C)(C)c1ccc(N2C3=C(CCC=C3)C3C=CC(C4C=CC(N(C5=c6oc7ccccc7c6=CCC5)c5ccc6c(c5)sc5ccccc56)=CC4)=CC32)cc1. The van der Waals surface area contributed by atoms with Gasteiger partial charge < -0.3 is 14.2 Å². The third kappa shape index (κ3) is 5.44. The molecule has 56 heavy (non-hydrogen) atoms. The van der Waals surface area contributed by atoms with Crippen molar-refractivity contribution in [2.45, 2.75) is 64.3 Å². The number of furan rings is 1. The molecule has 0 N–H and O–H groups in total. The van der Waals surface area contributed by atoms with Crippen LogP contribution in [0, 0.1) is 11.8 Å². The van der Waals surface area contributed by atoms with Gasteiger partial charge in [0.25, 0.3) is 0 Å². The lowest BCUT2D eigenvalue weighted by Crippen LogP contribution is -2.35. The van der Waals surface area contributed by atoms with Gasteiger partial charge in [0, 0.05) is 65.4 Å². The van der Waals surface area contributed by atoms with E-state index in [1.807, 2.05) is 11.3 Å². The highest BCUT2D eigenvalue weighted by atomic mass is 32.1. The maximum atomic E-state index is 6.71. The first kappa shape index (κ1) is 33.7. The molecule has 0 spiro atoms. The minimum Gasteiger partial charge on any atom is -0.454 e. The van der Waals surface area contributed by atoms with Crippen LogP contribution in [0.4, 0.5) is 11.4 Å². The van der Waals surface area contributed by atoms with Crippen molar-refractivity contribution in [3.8, 4) is 0 Å². The summed E-state index contributed by atoms with van der Waals surface area (Å²) in [7, 11) is 0. The van der Waals surface area contributed by atoms with Gasteiger partial charge in [-0.1, -0.05) is 118 Å². The van der Waals surface area contributed by atoms with Gasteiger partial charge in [0.05, 0.1) is 11.7 Å². The maximum absolute atomic E-state index is 6.71. The molecule has 0 radical (unpaired) electrons. The lowest BCUT2D eigenvalue weighted by atomic mass is 9.80. The van der Waals surface area contributed by atoms with Crippen molar-refractivity contribution in [2.75, 3.05) is 9.80 Å². The number of nitrogens with zero attached hydrogens (tertiary/aromatic N) is 2. The van der Waals surface area contributed by atoms with Gasteiger partial charge in [0.1, 0.15) is 5.58 Å². The molecular weight excluding hydrogens is 701 g/mol. The Morgan fingerprint density at radius 2 is 1.59 bits per heavy atom. The molecule has 4 heteroatoms. The molecule has 5 aliphatic rings. The summed E-state index contributed by atoms with van der Waals surface area (Å²) < 4.78 is 9.35. The Kier molecular flexibility index (Phi) is 7.83. The summed E-state index contributed by atoms with van der Waals surface area (Å²) >= 11 is 1.88. The number of hydrogen-bond donors (Lipinski definition) is 0. The van der Waals surface area contributed by atoms with Gasteiger partial charge >= 0.3 is 0 Å². The Morgan fingerprint density at radius 1 is 0.768 bits per heavy atom. The number of benzene rings is 4. The molecule has 0 saturated heterocycles. The first-order valence-electron chi connectivity index (χ1n) is 20.4. The van der Waals surface area contributed by atoms with Crippen LogP contribution >= 0.6 is 11.3 Å². The fraction of sp³-hybridized carbons (Fsp3) is 0.231. The maximum Gasteiger partial charge on any atom is 0.154 e. The van der Waals surface area contributed by atoms with E-state index in [1.54, 1.807) is 5.57 Å². The predicted octanol–water partition coefficient (Wildman–Crippen LogP) is 12.4. The molecule has 276 valence electrons. The topological polar surface area (TPSA) is 19.6 Å². The van der Waals surface area contributed by atoms with Crippen molar-refractivity contribution >= 4 is 65.6 Å². The Morgan fingerprint density at radius 3 is 2.43 bits per heavy atom. The minimum atomic E-state index is 0.130. The fourth-order valence-corrected chi connectivity index (χ4v) is 11.0. The normalized spacial score (nSPS) is 21.7. The molecule has 3 nitrogen and oxygen atoms in total. The largest absolute Gasteiger partial charge is 0.454 e. The summed E-state index contributed by atoms with van der Waals surface area (Å²) in [5.41, 5.74) is 12.8. The molecule has 0 bridgehead atoms. The number of rotatable bonds is 5. The van der Waals surface area contributed by atoms with E-state index in [9.17, 15) is 0 Å². The summed E-state index contributed by atoms with van der Waals surface area (Å²) in [5.74, 6) is 0.726. The zero-order valence-corrected chi connectivity index (χ0v) is 33.2. The van der Waals surface area contributed by atoms with Gasteiger partial charge in [-0.25, -0.2) is 0 Å². The smallest absolute Gasteiger partial charge is 0.154 e. The number of hydrogen-bond acceptors (Lipinski definition) is 4. The quantitative estimate of drug-likeness (QED) is 0.175. The zero-order chi connectivity index (χ0) is 37.5. The average molecular weight is 747 g/mol. The van der Waals surface area contributed by atoms with Crippen LogP contribution < -0.4 is 20.4 Å². The lowest BCUT2D eigenvalue weighted by Gasteiger charge is -2.34. The van der Waals surface area contributed by atoms with Crippen molar-refractivity contribution in [3.05, 3.63) is 178 Å². The standard InChI is InChI=1S/C52H46N2OS/c1-52(2,3)35-22-26-37(27-23-35)54-45-15-7-4-11-39(45)40-29-21-34(31-47(40)54)33-19-24-36(25-20-33)53(38-28-30-43-42-13-6-9-18-49(42)56-50(43)32-38)46-16-10-14-44-41-12-5-8-17-48(41)55-51(44)46/h5-9,12-15,17-19,21-33,40,47H,4,10-11,16,20H2,1-3H3. The molecule has 11 rings (SSSR count). The van der Waals surface area contributed by atoms with E-state index >= 15 is 0 Å². The molecule has 4 aromatic carbocycles. The van der Waals surface area contributed by atoms with Crippen LogP contribution in [0.3, 0.4) is 0 Å². The highest BCUT2D eigenvalue weighted by Gasteiger charge is 2.40. The number of para-hydroxylation sites is 1. The molecule has 1 aliphatic heterocycles.